The fourth-order valence-electron chi connectivity index (χ4n) is 1.93. The molecule has 20 heavy (non-hydrogen) atoms. The third-order valence-corrected chi connectivity index (χ3v) is 2.93. The highest BCUT2D eigenvalue weighted by atomic mass is 19.1. The lowest BCUT2D eigenvalue weighted by Gasteiger charge is -2.09. The van der Waals surface area contributed by atoms with Crippen LogP contribution < -0.4 is 10.9 Å². The van der Waals surface area contributed by atoms with Gasteiger partial charge in [-0.2, -0.15) is 0 Å². The summed E-state index contributed by atoms with van der Waals surface area (Å²) in [7, 11) is 0. The lowest BCUT2D eigenvalue weighted by Crippen LogP contribution is -2.24. The van der Waals surface area contributed by atoms with Crippen molar-refractivity contribution in [3.05, 3.63) is 51.7 Å². The Morgan fingerprint density at radius 1 is 1.35 bits per heavy atom. The number of nitrogens with one attached hydrogen (secondary N) is 2. The zero-order valence-electron chi connectivity index (χ0n) is 11.8. The molecular weight excluding hydrogens is 257 g/mol. The molecule has 0 fully saturated rings. The zero-order valence-corrected chi connectivity index (χ0v) is 11.8. The van der Waals surface area contributed by atoms with Gasteiger partial charge in [-0.1, -0.05) is 13.8 Å². The molecule has 1 aromatic carbocycles. The predicted molar refractivity (Wildman–Crippen MR) is 77.0 cm³/mol. The maximum Gasteiger partial charge on any atom is 0.251 e. The van der Waals surface area contributed by atoms with Gasteiger partial charge in [0.1, 0.15) is 11.6 Å². The molecule has 4 nitrogen and oxygen atoms in total. The molecule has 5 heteroatoms. The number of halogens is 1. The average Bonchev–Trinajstić information content (AvgIpc) is 2.35. The Labute approximate surface area is 117 Å². The minimum atomic E-state index is -0.300. The number of hydrogen-bond acceptors (Lipinski definition) is 3. The van der Waals surface area contributed by atoms with Crippen molar-refractivity contribution in [1.82, 2.24) is 15.3 Å². The highest BCUT2D eigenvalue weighted by molar-refractivity contribution is 5.59. The van der Waals surface area contributed by atoms with Gasteiger partial charge in [0.2, 0.25) is 0 Å². The van der Waals surface area contributed by atoms with Crippen molar-refractivity contribution >= 4 is 0 Å². The molecule has 0 bridgehead atoms. The highest BCUT2D eigenvalue weighted by Crippen LogP contribution is 2.19. The van der Waals surface area contributed by atoms with E-state index in [-0.39, 0.29) is 11.4 Å². The van der Waals surface area contributed by atoms with Crippen LogP contribution in [0, 0.1) is 12.7 Å². The maximum absolute atomic E-state index is 13.1. The number of aryl methyl sites for hydroxylation is 1. The van der Waals surface area contributed by atoms with Gasteiger partial charge < -0.3 is 10.3 Å². The minimum Gasteiger partial charge on any atom is -0.309 e. The topological polar surface area (TPSA) is 57.8 Å². The molecule has 2 N–H and O–H groups in total. The van der Waals surface area contributed by atoms with Gasteiger partial charge in [0.05, 0.1) is 5.69 Å². The molecule has 0 amide bonds. The molecule has 2 aromatic rings. The Kier molecular flexibility index (Phi) is 4.29. The summed E-state index contributed by atoms with van der Waals surface area (Å²) in [6.07, 6.45) is 0. The Morgan fingerprint density at radius 3 is 2.75 bits per heavy atom. The summed E-state index contributed by atoms with van der Waals surface area (Å²) in [5.74, 6) is 0.168. The lowest BCUT2D eigenvalue weighted by atomic mass is 10.1. The number of nitrogens with zero attached hydrogens (tertiary/aromatic N) is 1. The van der Waals surface area contributed by atoms with Crippen LogP contribution in [0.5, 0.6) is 0 Å². The van der Waals surface area contributed by atoms with Crippen molar-refractivity contribution in [1.29, 1.82) is 0 Å². The van der Waals surface area contributed by atoms with E-state index in [0.29, 0.717) is 24.1 Å². The fraction of sp³-hybridized carbons (Fsp3) is 0.333. The predicted octanol–water partition coefficient (Wildman–Crippen LogP) is 2.38. The molecule has 2 rings (SSSR count). The van der Waals surface area contributed by atoms with Gasteiger partial charge in [-0.15, -0.1) is 0 Å². The molecule has 0 aliphatic heterocycles. The van der Waals surface area contributed by atoms with Crippen molar-refractivity contribution < 1.29 is 4.39 Å². The van der Waals surface area contributed by atoms with E-state index < -0.39 is 0 Å². The highest BCUT2D eigenvalue weighted by Gasteiger charge is 2.08. The quantitative estimate of drug-likeness (QED) is 0.900. The fourth-order valence-corrected chi connectivity index (χ4v) is 1.93. The van der Waals surface area contributed by atoms with Crippen LogP contribution in [0.3, 0.4) is 0 Å². The molecule has 0 radical (unpaired) electrons. The molecule has 0 unspecified atom stereocenters. The lowest BCUT2D eigenvalue weighted by molar-refractivity contribution is 0.580. The molecule has 0 saturated carbocycles. The van der Waals surface area contributed by atoms with Crippen molar-refractivity contribution in [2.45, 2.75) is 33.4 Å². The molecule has 1 aromatic heterocycles. The van der Waals surface area contributed by atoms with E-state index in [1.807, 2.05) is 13.8 Å². The first-order valence-electron chi connectivity index (χ1n) is 6.56. The number of aromatic nitrogens is 2. The molecule has 0 spiro atoms. The van der Waals surface area contributed by atoms with E-state index in [9.17, 15) is 9.18 Å². The SMILES string of the molecule is Cc1cc(F)ccc1-c1nc(CNC(C)C)cc(=O)[nH]1. The number of hydrogen-bond donors (Lipinski definition) is 2. The van der Waals surface area contributed by atoms with E-state index in [1.54, 1.807) is 13.0 Å². The summed E-state index contributed by atoms with van der Waals surface area (Å²) >= 11 is 0. The van der Waals surface area contributed by atoms with Crippen LogP contribution in [0.4, 0.5) is 4.39 Å². The Bertz CT molecular complexity index is 664. The van der Waals surface area contributed by atoms with Gasteiger partial charge in [0, 0.05) is 24.2 Å². The number of H-pyrrole nitrogens is 1. The third kappa shape index (κ3) is 3.51. The summed E-state index contributed by atoms with van der Waals surface area (Å²) in [5.41, 5.74) is 1.93. The van der Waals surface area contributed by atoms with Gasteiger partial charge >= 0.3 is 0 Å². The van der Waals surface area contributed by atoms with Gasteiger partial charge in [0.15, 0.2) is 0 Å². The number of benzene rings is 1. The van der Waals surface area contributed by atoms with Gasteiger partial charge in [-0.05, 0) is 30.7 Å². The third-order valence-electron chi connectivity index (χ3n) is 2.93. The van der Waals surface area contributed by atoms with E-state index >= 15 is 0 Å². The van der Waals surface area contributed by atoms with Gasteiger partial charge in [-0.3, -0.25) is 4.79 Å². The molecule has 0 saturated heterocycles. The first kappa shape index (κ1) is 14.4. The first-order chi connectivity index (χ1) is 9.45. The van der Waals surface area contributed by atoms with Crippen LogP contribution in [-0.4, -0.2) is 16.0 Å². The van der Waals surface area contributed by atoms with Crippen molar-refractivity contribution in [3.8, 4) is 11.4 Å². The molecule has 106 valence electrons. The van der Waals surface area contributed by atoms with Crippen molar-refractivity contribution in [2.24, 2.45) is 0 Å². The van der Waals surface area contributed by atoms with Crippen LogP contribution in [0.2, 0.25) is 0 Å². The zero-order chi connectivity index (χ0) is 14.7. The molecule has 0 aliphatic carbocycles. The summed E-state index contributed by atoms with van der Waals surface area (Å²) in [6.45, 7) is 6.36. The standard InChI is InChI=1S/C15H18FN3O/c1-9(2)17-8-12-7-14(20)19-15(18-12)13-5-4-11(16)6-10(13)3/h4-7,9,17H,8H2,1-3H3,(H,18,19,20). The smallest absolute Gasteiger partial charge is 0.251 e. The number of rotatable bonds is 4. The Morgan fingerprint density at radius 2 is 2.10 bits per heavy atom. The van der Waals surface area contributed by atoms with Gasteiger partial charge in [-0.25, -0.2) is 9.37 Å². The Hall–Kier alpha value is -2.01. The normalized spacial score (nSPS) is 11.1. The monoisotopic (exact) mass is 275 g/mol. The summed E-state index contributed by atoms with van der Waals surface area (Å²) in [4.78, 5) is 18.8. The second-order valence-corrected chi connectivity index (χ2v) is 5.08. The number of aromatic amines is 1. The molecule has 0 aliphatic rings. The van der Waals surface area contributed by atoms with Gasteiger partial charge in [0.25, 0.3) is 5.56 Å². The van der Waals surface area contributed by atoms with Crippen molar-refractivity contribution in [2.75, 3.05) is 0 Å². The van der Waals surface area contributed by atoms with Crippen molar-refractivity contribution in [3.63, 3.8) is 0 Å². The van der Waals surface area contributed by atoms with E-state index in [0.717, 1.165) is 11.1 Å². The maximum atomic E-state index is 13.1. The minimum absolute atomic E-state index is 0.209. The summed E-state index contributed by atoms with van der Waals surface area (Å²) < 4.78 is 13.1. The largest absolute Gasteiger partial charge is 0.309 e. The van der Waals surface area contributed by atoms with Crippen LogP contribution in [0.1, 0.15) is 25.1 Å². The van der Waals surface area contributed by atoms with Crippen LogP contribution >= 0.6 is 0 Å². The average molecular weight is 275 g/mol. The molecular formula is C15H18FN3O. The Balaban J connectivity index is 2.39. The second-order valence-electron chi connectivity index (χ2n) is 5.08. The van der Waals surface area contributed by atoms with Crippen LogP contribution in [-0.2, 0) is 6.54 Å². The molecule has 1 heterocycles. The first-order valence-corrected chi connectivity index (χ1v) is 6.56. The summed E-state index contributed by atoms with van der Waals surface area (Å²) in [5, 5.41) is 3.22. The van der Waals surface area contributed by atoms with E-state index in [4.69, 9.17) is 0 Å². The van der Waals surface area contributed by atoms with Crippen LogP contribution in [0.25, 0.3) is 11.4 Å². The van der Waals surface area contributed by atoms with Crippen LogP contribution in [0.15, 0.2) is 29.1 Å². The second kappa shape index (κ2) is 5.96. The van der Waals surface area contributed by atoms with E-state index in [1.165, 1.54) is 18.2 Å². The molecule has 0 atom stereocenters. The van der Waals surface area contributed by atoms with E-state index in [2.05, 4.69) is 15.3 Å². The summed E-state index contributed by atoms with van der Waals surface area (Å²) in [6, 6.07) is 6.20.